The molecule has 1 N–H and O–H groups in total. The lowest BCUT2D eigenvalue weighted by atomic mass is 10.2. The summed E-state index contributed by atoms with van der Waals surface area (Å²) in [4.78, 5) is 11.0. The van der Waals surface area contributed by atoms with Crippen molar-refractivity contribution in [2.45, 2.75) is 30.2 Å². The van der Waals surface area contributed by atoms with Crippen LogP contribution >= 0.6 is 15.9 Å². The number of carbonyl (C=O) groups is 1. The number of nitrogens with zero attached hydrogens (tertiary/aromatic N) is 1. The lowest BCUT2D eigenvalue weighted by molar-refractivity contribution is -0.137. The van der Waals surface area contributed by atoms with E-state index in [0.29, 0.717) is 23.9 Å². The molecule has 0 radical (unpaired) electrons. The number of rotatable bonds is 4. The van der Waals surface area contributed by atoms with Crippen LogP contribution in [0.3, 0.4) is 0 Å². The van der Waals surface area contributed by atoms with Crippen LogP contribution in [-0.4, -0.2) is 36.4 Å². The number of aliphatic carboxylic acids is 1. The highest BCUT2D eigenvalue weighted by Crippen LogP contribution is 2.31. The summed E-state index contributed by atoms with van der Waals surface area (Å²) in [6.45, 7) is 0.377. The van der Waals surface area contributed by atoms with Crippen molar-refractivity contribution in [1.82, 2.24) is 4.31 Å². The van der Waals surface area contributed by atoms with Gasteiger partial charge in [-0.1, -0.05) is 12.1 Å². The number of sulfonamides is 1. The Morgan fingerprint density at radius 2 is 2.11 bits per heavy atom. The molecule has 0 spiro atoms. The molecule has 19 heavy (non-hydrogen) atoms. The summed E-state index contributed by atoms with van der Waals surface area (Å²) in [5, 5.41) is 8.85. The van der Waals surface area contributed by atoms with E-state index in [1.807, 2.05) is 0 Å². The first kappa shape index (κ1) is 14.5. The smallest absolute Gasteiger partial charge is 0.304 e. The SMILES string of the molecule is O=C(O)CC1CCCN1S(=O)(=O)c1ccccc1Br. The Hall–Kier alpha value is -0.920. The largest absolute Gasteiger partial charge is 0.481 e. The first-order valence-corrected chi connectivity index (χ1v) is 8.14. The average molecular weight is 348 g/mol. The van der Waals surface area contributed by atoms with Crippen molar-refractivity contribution in [3.05, 3.63) is 28.7 Å². The molecule has 104 valence electrons. The molecule has 0 amide bonds. The molecule has 1 atom stereocenters. The summed E-state index contributed by atoms with van der Waals surface area (Å²) in [6.07, 6.45) is 1.14. The second-order valence-electron chi connectivity index (χ2n) is 4.44. The van der Waals surface area contributed by atoms with Crippen LogP contribution in [0.15, 0.2) is 33.6 Å². The molecule has 0 aliphatic carbocycles. The van der Waals surface area contributed by atoms with Crippen LogP contribution in [0, 0.1) is 0 Å². The lowest BCUT2D eigenvalue weighted by Gasteiger charge is -2.23. The van der Waals surface area contributed by atoms with E-state index in [2.05, 4.69) is 15.9 Å². The topological polar surface area (TPSA) is 74.7 Å². The van der Waals surface area contributed by atoms with Gasteiger partial charge in [0, 0.05) is 17.1 Å². The number of carboxylic acids is 1. The van der Waals surface area contributed by atoms with E-state index >= 15 is 0 Å². The zero-order valence-electron chi connectivity index (χ0n) is 10.1. The highest BCUT2D eigenvalue weighted by Gasteiger charge is 2.37. The highest BCUT2D eigenvalue weighted by atomic mass is 79.9. The predicted octanol–water partition coefficient (Wildman–Crippen LogP) is 2.08. The van der Waals surface area contributed by atoms with Crippen molar-refractivity contribution in [1.29, 1.82) is 0 Å². The Kier molecular flexibility index (Phi) is 4.27. The van der Waals surface area contributed by atoms with E-state index in [0.717, 1.165) is 0 Å². The fourth-order valence-electron chi connectivity index (χ4n) is 2.31. The van der Waals surface area contributed by atoms with Gasteiger partial charge in [-0.2, -0.15) is 4.31 Å². The molecule has 1 saturated heterocycles. The van der Waals surface area contributed by atoms with Crippen molar-refractivity contribution in [2.24, 2.45) is 0 Å². The van der Waals surface area contributed by atoms with Gasteiger partial charge in [0.15, 0.2) is 0 Å². The van der Waals surface area contributed by atoms with Gasteiger partial charge >= 0.3 is 5.97 Å². The molecule has 5 nitrogen and oxygen atoms in total. The van der Waals surface area contributed by atoms with E-state index in [9.17, 15) is 13.2 Å². The zero-order chi connectivity index (χ0) is 14.0. The fraction of sp³-hybridized carbons (Fsp3) is 0.417. The quantitative estimate of drug-likeness (QED) is 0.904. The summed E-state index contributed by atoms with van der Waals surface area (Å²) >= 11 is 3.23. The van der Waals surface area contributed by atoms with Gasteiger partial charge in [-0.15, -0.1) is 0 Å². The van der Waals surface area contributed by atoms with Crippen molar-refractivity contribution in [3.63, 3.8) is 0 Å². The monoisotopic (exact) mass is 347 g/mol. The normalized spacial score (nSPS) is 20.6. The van der Waals surface area contributed by atoms with Crippen LogP contribution in [0.5, 0.6) is 0 Å². The number of hydrogen-bond acceptors (Lipinski definition) is 3. The van der Waals surface area contributed by atoms with Crippen LogP contribution in [0.2, 0.25) is 0 Å². The first-order chi connectivity index (χ1) is 8.93. The molecule has 1 aliphatic rings. The third-order valence-corrected chi connectivity index (χ3v) is 6.12. The Bertz CT molecular complexity index is 587. The predicted molar refractivity (Wildman–Crippen MR) is 73.3 cm³/mol. The summed E-state index contributed by atoms with van der Waals surface area (Å²) in [5.74, 6) is -0.973. The van der Waals surface area contributed by atoms with Crippen LogP contribution in [0.4, 0.5) is 0 Å². The van der Waals surface area contributed by atoms with Crippen molar-refractivity contribution < 1.29 is 18.3 Å². The Labute approximate surface area is 120 Å². The van der Waals surface area contributed by atoms with Crippen molar-refractivity contribution >= 4 is 31.9 Å². The summed E-state index contributed by atoms with van der Waals surface area (Å²) in [7, 11) is -3.64. The summed E-state index contributed by atoms with van der Waals surface area (Å²) in [5.41, 5.74) is 0. The second-order valence-corrected chi connectivity index (χ2v) is 7.15. The molecule has 2 rings (SSSR count). The molecule has 1 fully saturated rings. The molecule has 1 aromatic rings. The maximum absolute atomic E-state index is 12.6. The van der Waals surface area contributed by atoms with Crippen LogP contribution in [0.1, 0.15) is 19.3 Å². The number of carboxylic acid groups (broad SMARTS) is 1. The molecule has 0 aromatic heterocycles. The fourth-order valence-corrected chi connectivity index (χ4v) is 4.97. The molecular formula is C12H14BrNO4S. The van der Waals surface area contributed by atoms with E-state index in [1.165, 1.54) is 10.4 Å². The molecule has 0 bridgehead atoms. The maximum Gasteiger partial charge on any atom is 0.304 e. The summed E-state index contributed by atoms with van der Waals surface area (Å²) < 4.78 is 26.9. The molecule has 1 aromatic carbocycles. The molecule has 1 aliphatic heterocycles. The number of halogens is 1. The lowest BCUT2D eigenvalue weighted by Crippen LogP contribution is -2.36. The third kappa shape index (κ3) is 2.98. The number of benzene rings is 1. The Balaban J connectivity index is 2.34. The van der Waals surface area contributed by atoms with Gasteiger partial charge in [0.05, 0.1) is 11.3 Å². The third-order valence-electron chi connectivity index (χ3n) is 3.16. The molecule has 1 unspecified atom stereocenters. The van der Waals surface area contributed by atoms with Gasteiger partial charge in [0.25, 0.3) is 0 Å². The van der Waals surface area contributed by atoms with Crippen LogP contribution in [0.25, 0.3) is 0 Å². The minimum atomic E-state index is -3.64. The molecule has 7 heteroatoms. The number of hydrogen-bond donors (Lipinski definition) is 1. The van der Waals surface area contributed by atoms with Gasteiger partial charge in [-0.05, 0) is 40.9 Å². The van der Waals surface area contributed by atoms with E-state index in [-0.39, 0.29) is 11.3 Å². The van der Waals surface area contributed by atoms with E-state index < -0.39 is 22.0 Å². The van der Waals surface area contributed by atoms with Crippen LogP contribution < -0.4 is 0 Å². The Morgan fingerprint density at radius 3 is 2.74 bits per heavy atom. The van der Waals surface area contributed by atoms with Gasteiger partial charge in [-0.3, -0.25) is 4.79 Å². The maximum atomic E-state index is 12.6. The molecule has 1 heterocycles. The summed E-state index contributed by atoms with van der Waals surface area (Å²) in [6, 6.07) is 6.13. The van der Waals surface area contributed by atoms with Gasteiger partial charge in [-0.25, -0.2) is 8.42 Å². The minimum absolute atomic E-state index is 0.149. The molecule has 0 saturated carbocycles. The average Bonchev–Trinajstić information content (AvgIpc) is 2.77. The van der Waals surface area contributed by atoms with E-state index in [4.69, 9.17) is 5.11 Å². The highest BCUT2D eigenvalue weighted by molar-refractivity contribution is 9.10. The van der Waals surface area contributed by atoms with Gasteiger partial charge in [0.2, 0.25) is 10.0 Å². The minimum Gasteiger partial charge on any atom is -0.481 e. The van der Waals surface area contributed by atoms with Crippen molar-refractivity contribution in [3.8, 4) is 0 Å². The van der Waals surface area contributed by atoms with Gasteiger partial charge < -0.3 is 5.11 Å². The van der Waals surface area contributed by atoms with E-state index in [1.54, 1.807) is 18.2 Å². The zero-order valence-corrected chi connectivity index (χ0v) is 12.5. The van der Waals surface area contributed by atoms with Crippen LogP contribution in [-0.2, 0) is 14.8 Å². The van der Waals surface area contributed by atoms with Gasteiger partial charge in [0.1, 0.15) is 0 Å². The second kappa shape index (κ2) is 5.60. The van der Waals surface area contributed by atoms with Crippen molar-refractivity contribution in [2.75, 3.05) is 6.54 Å². The first-order valence-electron chi connectivity index (χ1n) is 5.91. The molecular weight excluding hydrogens is 334 g/mol. The standard InChI is InChI=1S/C12H14BrNO4S/c13-10-5-1-2-6-11(10)19(17,18)14-7-3-4-9(14)8-12(15)16/h1-2,5-6,9H,3-4,7-8H2,(H,15,16). The Morgan fingerprint density at radius 1 is 1.42 bits per heavy atom.